The maximum absolute atomic E-state index is 11.7. The minimum absolute atomic E-state index is 0.129. The van der Waals surface area contributed by atoms with E-state index in [-0.39, 0.29) is 19.0 Å². The quantitative estimate of drug-likeness (QED) is 0.535. The molecule has 0 saturated heterocycles. The Hall–Kier alpha value is -0.750. The highest BCUT2D eigenvalue weighted by Gasteiger charge is 2.19. The van der Waals surface area contributed by atoms with E-state index >= 15 is 0 Å². The zero-order valence-corrected chi connectivity index (χ0v) is 12.5. The molecular weight excluding hydrogens is 369 g/mol. The first-order valence-electron chi connectivity index (χ1n) is 5.49. The van der Waals surface area contributed by atoms with Crippen LogP contribution in [-0.4, -0.2) is 45.7 Å². The fourth-order valence-electron chi connectivity index (χ4n) is 1.41. The smallest absolute Gasteiger partial charge is 0.351 e. The molecule has 2 atom stereocenters. The summed E-state index contributed by atoms with van der Waals surface area (Å²) >= 11 is 1.66. The number of aryl methyl sites for hydroxylation is 1. The number of hydrogen-bond acceptors (Lipinski definition) is 7. The molecule has 0 aliphatic carbocycles. The summed E-state index contributed by atoms with van der Waals surface area (Å²) in [5.74, 6) is 0.132. The van der Waals surface area contributed by atoms with Crippen molar-refractivity contribution in [2.45, 2.75) is 19.3 Å². The third kappa shape index (κ3) is 4.38. The zero-order chi connectivity index (χ0) is 14.4. The van der Waals surface area contributed by atoms with Crippen molar-refractivity contribution >= 4 is 28.8 Å². The van der Waals surface area contributed by atoms with Crippen molar-refractivity contribution < 1.29 is 18.0 Å². The van der Waals surface area contributed by atoms with E-state index in [0.717, 1.165) is 4.57 Å². The second kappa shape index (κ2) is 7.75. The Kier molecular flexibility index (Phi) is 6.65. The van der Waals surface area contributed by atoms with Gasteiger partial charge < -0.3 is 23.7 Å². The molecule has 0 aliphatic heterocycles. The average molecular weight is 385 g/mol. The third-order valence-corrected chi connectivity index (χ3v) is 2.80. The standard InChI is InChI=1S/C10H16IN3O5/c1-6-2-14(10(17)13-9(6)12)8(4-16)19-7(3-15)5-18-11/h2,7-8,15-16H,3-5H2,1H3,(H2,12,13,17)/t7-,8+/m0/s1. The second-order valence-corrected chi connectivity index (χ2v) is 4.48. The highest BCUT2D eigenvalue weighted by Crippen LogP contribution is 2.12. The summed E-state index contributed by atoms with van der Waals surface area (Å²) in [5.41, 5.74) is 5.48. The van der Waals surface area contributed by atoms with Gasteiger partial charge in [-0.15, -0.1) is 0 Å². The van der Waals surface area contributed by atoms with E-state index in [1.807, 2.05) is 0 Å². The lowest BCUT2D eigenvalue weighted by molar-refractivity contribution is -0.107. The Labute approximate surface area is 123 Å². The monoisotopic (exact) mass is 385 g/mol. The van der Waals surface area contributed by atoms with Crippen LogP contribution < -0.4 is 11.4 Å². The van der Waals surface area contributed by atoms with E-state index in [2.05, 4.69) is 4.98 Å². The lowest BCUT2D eigenvalue weighted by Crippen LogP contribution is -2.35. The lowest BCUT2D eigenvalue weighted by Gasteiger charge is -2.23. The van der Waals surface area contributed by atoms with Gasteiger partial charge >= 0.3 is 5.69 Å². The number of aliphatic hydroxyl groups is 2. The van der Waals surface area contributed by atoms with Crippen LogP contribution >= 0.6 is 23.0 Å². The molecule has 1 aromatic rings. The number of anilines is 1. The molecule has 8 nitrogen and oxygen atoms in total. The summed E-state index contributed by atoms with van der Waals surface area (Å²) in [7, 11) is 0. The summed E-state index contributed by atoms with van der Waals surface area (Å²) in [4.78, 5) is 15.3. The number of aliphatic hydroxyl groups excluding tert-OH is 2. The van der Waals surface area contributed by atoms with E-state index < -0.39 is 24.6 Å². The molecule has 0 radical (unpaired) electrons. The van der Waals surface area contributed by atoms with Crippen LogP contribution in [0.5, 0.6) is 0 Å². The Balaban J connectivity index is 2.97. The minimum Gasteiger partial charge on any atom is -0.394 e. The molecule has 0 aromatic carbocycles. The molecule has 0 bridgehead atoms. The fourth-order valence-corrected chi connectivity index (χ4v) is 1.81. The Morgan fingerprint density at radius 3 is 2.74 bits per heavy atom. The van der Waals surface area contributed by atoms with Gasteiger partial charge in [0.2, 0.25) is 0 Å². The van der Waals surface area contributed by atoms with Crippen LogP contribution in [-0.2, 0) is 7.80 Å². The van der Waals surface area contributed by atoms with E-state index in [4.69, 9.17) is 18.6 Å². The molecule has 9 heteroatoms. The Bertz CT molecular complexity index is 467. The van der Waals surface area contributed by atoms with Crippen LogP contribution in [0.1, 0.15) is 11.8 Å². The predicted molar refractivity (Wildman–Crippen MR) is 75.7 cm³/mol. The molecule has 0 amide bonds. The van der Waals surface area contributed by atoms with Crippen LogP contribution in [0.3, 0.4) is 0 Å². The highest BCUT2D eigenvalue weighted by molar-refractivity contribution is 14.1. The van der Waals surface area contributed by atoms with E-state index in [0.29, 0.717) is 5.56 Å². The molecule has 0 saturated carbocycles. The van der Waals surface area contributed by atoms with Crippen molar-refractivity contribution in [3.05, 3.63) is 22.2 Å². The van der Waals surface area contributed by atoms with Gasteiger partial charge in [0.1, 0.15) is 34.9 Å². The van der Waals surface area contributed by atoms with Gasteiger partial charge in [-0.05, 0) is 6.92 Å². The van der Waals surface area contributed by atoms with Crippen LogP contribution in [0.4, 0.5) is 5.82 Å². The zero-order valence-electron chi connectivity index (χ0n) is 10.3. The predicted octanol–water partition coefficient (Wildman–Crippen LogP) is -0.631. The lowest BCUT2D eigenvalue weighted by atomic mass is 10.3. The maximum atomic E-state index is 11.7. The second-order valence-electron chi connectivity index (χ2n) is 3.85. The van der Waals surface area contributed by atoms with Crippen molar-refractivity contribution in [3.8, 4) is 0 Å². The number of nitrogens with zero attached hydrogens (tertiary/aromatic N) is 2. The molecular formula is C10H16IN3O5. The van der Waals surface area contributed by atoms with E-state index in [1.54, 1.807) is 29.9 Å². The number of hydrogen-bond donors (Lipinski definition) is 3. The average Bonchev–Trinajstić information content (AvgIpc) is 2.39. The SMILES string of the molecule is Cc1cn([C@@H](CO)O[C@@H](CO)COI)c(=O)nc1N. The largest absolute Gasteiger partial charge is 0.394 e. The number of aromatic nitrogens is 2. The molecule has 0 fully saturated rings. The summed E-state index contributed by atoms with van der Waals surface area (Å²) < 4.78 is 11.4. The van der Waals surface area contributed by atoms with Crippen molar-refractivity contribution in [3.63, 3.8) is 0 Å². The molecule has 1 rings (SSSR count). The van der Waals surface area contributed by atoms with Crippen LogP contribution in [0.2, 0.25) is 0 Å². The molecule has 108 valence electrons. The topological polar surface area (TPSA) is 120 Å². The summed E-state index contributed by atoms with van der Waals surface area (Å²) in [6.45, 7) is 1.08. The van der Waals surface area contributed by atoms with Gasteiger partial charge in [0.25, 0.3) is 0 Å². The van der Waals surface area contributed by atoms with E-state index in [1.165, 1.54) is 6.20 Å². The maximum Gasteiger partial charge on any atom is 0.351 e. The first kappa shape index (κ1) is 16.3. The molecule has 1 aromatic heterocycles. The van der Waals surface area contributed by atoms with Crippen LogP contribution in [0, 0.1) is 6.92 Å². The normalized spacial score (nSPS) is 14.3. The van der Waals surface area contributed by atoms with Crippen LogP contribution in [0.15, 0.2) is 11.0 Å². The number of nitrogen functional groups attached to an aromatic ring is 1. The molecule has 4 N–H and O–H groups in total. The van der Waals surface area contributed by atoms with E-state index in [9.17, 15) is 9.90 Å². The van der Waals surface area contributed by atoms with Crippen molar-refractivity contribution in [1.29, 1.82) is 0 Å². The van der Waals surface area contributed by atoms with Gasteiger partial charge in [-0.2, -0.15) is 4.98 Å². The molecule has 0 unspecified atom stereocenters. The number of halogens is 1. The molecule has 1 heterocycles. The first-order valence-corrected chi connectivity index (χ1v) is 6.37. The summed E-state index contributed by atoms with van der Waals surface area (Å²) in [5, 5.41) is 18.4. The van der Waals surface area contributed by atoms with Gasteiger partial charge in [0.15, 0.2) is 6.23 Å². The van der Waals surface area contributed by atoms with Crippen molar-refractivity contribution in [1.82, 2.24) is 9.55 Å². The number of ether oxygens (including phenoxy) is 1. The molecule has 0 spiro atoms. The fraction of sp³-hybridized carbons (Fsp3) is 0.600. The Morgan fingerprint density at radius 2 is 2.21 bits per heavy atom. The van der Waals surface area contributed by atoms with Gasteiger partial charge in [0.05, 0.1) is 19.8 Å². The Morgan fingerprint density at radius 1 is 1.53 bits per heavy atom. The first-order chi connectivity index (χ1) is 9.03. The van der Waals surface area contributed by atoms with Crippen LogP contribution in [0.25, 0.3) is 0 Å². The number of rotatable bonds is 7. The van der Waals surface area contributed by atoms with Gasteiger partial charge in [0, 0.05) is 11.8 Å². The summed E-state index contributed by atoms with van der Waals surface area (Å²) in [6.07, 6.45) is -0.160. The third-order valence-electron chi connectivity index (χ3n) is 2.44. The summed E-state index contributed by atoms with van der Waals surface area (Å²) in [6, 6.07) is 0. The van der Waals surface area contributed by atoms with Gasteiger partial charge in [-0.25, -0.2) is 4.79 Å². The van der Waals surface area contributed by atoms with Gasteiger partial charge in [-0.3, -0.25) is 4.57 Å². The highest BCUT2D eigenvalue weighted by atomic mass is 127. The molecule has 0 aliphatic rings. The van der Waals surface area contributed by atoms with Crippen molar-refractivity contribution in [2.24, 2.45) is 0 Å². The van der Waals surface area contributed by atoms with Crippen molar-refractivity contribution in [2.75, 3.05) is 25.6 Å². The minimum atomic E-state index is -0.956. The molecule has 19 heavy (non-hydrogen) atoms. The number of nitrogens with two attached hydrogens (primary N) is 1. The van der Waals surface area contributed by atoms with Gasteiger partial charge in [-0.1, -0.05) is 0 Å².